The number of aryl methyl sites for hydroxylation is 1. The largest absolute Gasteiger partial charge is 0.373 e. The molecule has 2 nitrogen and oxygen atoms in total. The molecule has 0 spiro atoms. The van der Waals surface area contributed by atoms with Crippen LogP contribution in [0.15, 0.2) is 24.3 Å². The number of ketones is 1. The minimum Gasteiger partial charge on any atom is -0.373 e. The van der Waals surface area contributed by atoms with Crippen LogP contribution in [-0.2, 0) is 11.2 Å². The maximum atomic E-state index is 11.9. The van der Waals surface area contributed by atoms with Gasteiger partial charge < -0.3 is 4.74 Å². The molecule has 1 aromatic rings. The fourth-order valence-corrected chi connectivity index (χ4v) is 2.16. The highest BCUT2D eigenvalue weighted by Gasteiger charge is 2.07. The first-order valence-corrected chi connectivity index (χ1v) is 7.37. The second-order valence-corrected chi connectivity index (χ2v) is 5.28. The summed E-state index contributed by atoms with van der Waals surface area (Å²) in [6.07, 6.45) is 4.52. The van der Waals surface area contributed by atoms with Crippen LogP contribution in [0.1, 0.15) is 56.0 Å². The van der Waals surface area contributed by atoms with Gasteiger partial charge in [-0.15, -0.1) is 0 Å². The van der Waals surface area contributed by atoms with E-state index in [0.717, 1.165) is 31.2 Å². The van der Waals surface area contributed by atoms with Crippen molar-refractivity contribution in [3.63, 3.8) is 0 Å². The Morgan fingerprint density at radius 3 is 2.42 bits per heavy atom. The summed E-state index contributed by atoms with van der Waals surface area (Å²) in [6, 6.07) is 7.89. The van der Waals surface area contributed by atoms with Gasteiger partial charge in [0, 0.05) is 12.2 Å². The summed E-state index contributed by atoms with van der Waals surface area (Å²) >= 11 is 0. The maximum absolute atomic E-state index is 11.9. The van der Waals surface area contributed by atoms with Crippen molar-refractivity contribution < 1.29 is 9.53 Å². The first-order chi connectivity index (χ1) is 9.17. The van der Waals surface area contributed by atoms with Gasteiger partial charge in [-0.25, -0.2) is 0 Å². The van der Waals surface area contributed by atoms with Crippen LogP contribution in [-0.4, -0.2) is 19.0 Å². The summed E-state index contributed by atoms with van der Waals surface area (Å²) < 4.78 is 5.49. The molecule has 0 aliphatic heterocycles. The number of ether oxygens (including phenoxy) is 1. The van der Waals surface area contributed by atoms with Crippen LogP contribution in [0.2, 0.25) is 0 Å². The molecule has 0 aliphatic carbocycles. The SMILES string of the molecule is CCCc1ccc(C(=O)COCC(C)CCC)cc1. The lowest BCUT2D eigenvalue weighted by Gasteiger charge is -2.10. The number of carbonyl (C=O) groups is 1. The summed E-state index contributed by atoms with van der Waals surface area (Å²) in [4.78, 5) is 11.9. The van der Waals surface area contributed by atoms with Gasteiger partial charge in [-0.3, -0.25) is 4.79 Å². The predicted octanol–water partition coefficient (Wildman–Crippen LogP) is 4.27. The number of hydrogen-bond acceptors (Lipinski definition) is 2. The topological polar surface area (TPSA) is 26.3 Å². The molecule has 0 aliphatic rings. The van der Waals surface area contributed by atoms with Crippen LogP contribution in [0.4, 0.5) is 0 Å². The Balaban J connectivity index is 2.36. The van der Waals surface area contributed by atoms with Gasteiger partial charge in [-0.2, -0.15) is 0 Å². The van der Waals surface area contributed by atoms with E-state index in [0.29, 0.717) is 12.5 Å². The summed E-state index contributed by atoms with van der Waals surface area (Å²) in [5.74, 6) is 0.608. The van der Waals surface area contributed by atoms with Crippen molar-refractivity contribution in [1.29, 1.82) is 0 Å². The van der Waals surface area contributed by atoms with E-state index < -0.39 is 0 Å². The fraction of sp³-hybridized carbons (Fsp3) is 0.588. The quantitative estimate of drug-likeness (QED) is 0.621. The lowest BCUT2D eigenvalue weighted by molar-refractivity contribution is 0.0683. The molecule has 0 saturated carbocycles. The van der Waals surface area contributed by atoms with Gasteiger partial charge in [0.15, 0.2) is 5.78 Å². The van der Waals surface area contributed by atoms with Crippen LogP contribution in [0.3, 0.4) is 0 Å². The van der Waals surface area contributed by atoms with Crippen molar-refractivity contribution in [2.24, 2.45) is 5.92 Å². The van der Waals surface area contributed by atoms with Crippen molar-refractivity contribution in [3.8, 4) is 0 Å². The average Bonchev–Trinajstić information content (AvgIpc) is 2.40. The molecule has 1 rings (SSSR count). The lowest BCUT2D eigenvalue weighted by atomic mass is 10.1. The van der Waals surface area contributed by atoms with E-state index >= 15 is 0 Å². The molecule has 0 saturated heterocycles. The van der Waals surface area contributed by atoms with Crippen LogP contribution in [0, 0.1) is 5.92 Å². The van der Waals surface area contributed by atoms with Crippen molar-refractivity contribution in [1.82, 2.24) is 0 Å². The highest BCUT2D eigenvalue weighted by Crippen LogP contribution is 2.09. The zero-order valence-corrected chi connectivity index (χ0v) is 12.4. The van der Waals surface area contributed by atoms with E-state index in [1.165, 1.54) is 5.56 Å². The Kier molecular flexibility index (Phi) is 7.42. The zero-order chi connectivity index (χ0) is 14.1. The third-order valence-electron chi connectivity index (χ3n) is 3.23. The molecule has 0 fully saturated rings. The summed E-state index contributed by atoms with van der Waals surface area (Å²) in [5.41, 5.74) is 2.04. The van der Waals surface area contributed by atoms with Gasteiger partial charge in [-0.05, 0) is 24.3 Å². The number of carbonyl (C=O) groups excluding carboxylic acids is 1. The van der Waals surface area contributed by atoms with Crippen LogP contribution in [0.5, 0.6) is 0 Å². The Hall–Kier alpha value is -1.15. The minimum absolute atomic E-state index is 0.0757. The third kappa shape index (κ3) is 6.02. The fourth-order valence-electron chi connectivity index (χ4n) is 2.16. The molecule has 0 bridgehead atoms. The Bertz CT molecular complexity index is 367. The molecule has 1 atom stereocenters. The Morgan fingerprint density at radius 2 is 1.84 bits per heavy atom. The molecule has 2 heteroatoms. The molecule has 106 valence electrons. The van der Waals surface area contributed by atoms with Crippen LogP contribution in [0.25, 0.3) is 0 Å². The van der Waals surface area contributed by atoms with Crippen molar-refractivity contribution in [3.05, 3.63) is 35.4 Å². The van der Waals surface area contributed by atoms with Gasteiger partial charge in [-0.1, -0.05) is 57.9 Å². The van der Waals surface area contributed by atoms with E-state index in [4.69, 9.17) is 4.74 Å². The standard InChI is InChI=1S/C17H26O2/c1-4-6-14(3)12-19-13-17(18)16-10-8-15(7-5-2)9-11-16/h8-11,14H,4-7,12-13H2,1-3H3. The second-order valence-electron chi connectivity index (χ2n) is 5.28. The molecule has 0 aromatic heterocycles. The van der Waals surface area contributed by atoms with E-state index in [1.54, 1.807) is 0 Å². The molecule has 1 aromatic carbocycles. The molecular weight excluding hydrogens is 236 g/mol. The average molecular weight is 262 g/mol. The monoisotopic (exact) mass is 262 g/mol. The van der Waals surface area contributed by atoms with Crippen LogP contribution < -0.4 is 0 Å². The van der Waals surface area contributed by atoms with Gasteiger partial charge in [0.25, 0.3) is 0 Å². The second kappa shape index (κ2) is 8.87. The number of Topliss-reactive ketones (excluding diaryl/α,β-unsaturated/α-hetero) is 1. The summed E-state index contributed by atoms with van der Waals surface area (Å²) in [7, 11) is 0. The molecule has 1 unspecified atom stereocenters. The van der Waals surface area contributed by atoms with Gasteiger partial charge in [0.1, 0.15) is 6.61 Å². The van der Waals surface area contributed by atoms with Gasteiger partial charge in [0.2, 0.25) is 0 Å². The van der Waals surface area contributed by atoms with Crippen molar-refractivity contribution in [2.75, 3.05) is 13.2 Å². The maximum Gasteiger partial charge on any atom is 0.188 e. The van der Waals surface area contributed by atoms with Crippen LogP contribution >= 0.6 is 0 Å². The van der Waals surface area contributed by atoms with E-state index in [9.17, 15) is 4.79 Å². The van der Waals surface area contributed by atoms with E-state index in [-0.39, 0.29) is 12.4 Å². The molecular formula is C17H26O2. The first-order valence-electron chi connectivity index (χ1n) is 7.37. The minimum atomic E-state index is 0.0757. The molecule has 0 heterocycles. The molecule has 0 amide bonds. The number of rotatable bonds is 9. The zero-order valence-electron chi connectivity index (χ0n) is 12.4. The smallest absolute Gasteiger partial charge is 0.188 e. The molecule has 0 N–H and O–H groups in total. The highest BCUT2D eigenvalue weighted by atomic mass is 16.5. The van der Waals surface area contributed by atoms with Gasteiger partial charge >= 0.3 is 0 Å². The van der Waals surface area contributed by atoms with E-state index in [1.807, 2.05) is 24.3 Å². The third-order valence-corrected chi connectivity index (χ3v) is 3.23. The predicted molar refractivity (Wildman–Crippen MR) is 79.7 cm³/mol. The first kappa shape index (κ1) is 15.9. The van der Waals surface area contributed by atoms with Crippen molar-refractivity contribution in [2.45, 2.75) is 46.5 Å². The summed E-state index contributed by atoms with van der Waals surface area (Å²) in [6.45, 7) is 7.35. The number of benzene rings is 1. The lowest BCUT2D eigenvalue weighted by Crippen LogP contribution is -2.13. The molecule has 0 radical (unpaired) electrons. The Labute approximate surface area is 117 Å². The number of hydrogen-bond donors (Lipinski definition) is 0. The normalized spacial score (nSPS) is 12.4. The highest BCUT2D eigenvalue weighted by molar-refractivity contribution is 5.97. The Morgan fingerprint density at radius 1 is 1.16 bits per heavy atom. The van der Waals surface area contributed by atoms with Gasteiger partial charge in [0.05, 0.1) is 0 Å². The summed E-state index contributed by atoms with van der Waals surface area (Å²) in [5, 5.41) is 0. The van der Waals surface area contributed by atoms with E-state index in [2.05, 4.69) is 20.8 Å². The molecule has 19 heavy (non-hydrogen) atoms. The van der Waals surface area contributed by atoms with Crippen molar-refractivity contribution >= 4 is 5.78 Å².